The van der Waals surface area contributed by atoms with Gasteiger partial charge in [-0.3, -0.25) is 9.11 Å². The van der Waals surface area contributed by atoms with E-state index < -0.39 is 10.4 Å². The summed E-state index contributed by atoms with van der Waals surface area (Å²) in [7, 11) is -4.67. The highest BCUT2D eigenvalue weighted by molar-refractivity contribution is 7.79. The highest BCUT2D eigenvalue weighted by atomic mass is 32.3. The summed E-state index contributed by atoms with van der Waals surface area (Å²) in [6, 6.07) is 10.8. The monoisotopic (exact) mass is 257 g/mol. The first-order valence-electron chi connectivity index (χ1n) is 4.45. The summed E-state index contributed by atoms with van der Waals surface area (Å²) in [5.74, 6) is 0.278. The van der Waals surface area contributed by atoms with Crippen LogP contribution in [0, 0.1) is 0 Å². The molecule has 0 saturated heterocycles. The first-order chi connectivity index (χ1) is 7.79. The molecule has 92 valence electrons. The first kappa shape index (κ1) is 13.2. The zero-order valence-electron chi connectivity index (χ0n) is 8.61. The number of nitrogens with two attached hydrogens (primary N) is 1. The lowest BCUT2D eigenvalue weighted by molar-refractivity contribution is 0.381. The van der Waals surface area contributed by atoms with E-state index in [1.807, 2.05) is 24.3 Å². The number of aromatic hydroxyl groups is 1. The Kier molecular flexibility index (Phi) is 3.89. The zero-order valence-corrected chi connectivity index (χ0v) is 9.42. The molecule has 0 spiro atoms. The van der Waals surface area contributed by atoms with Gasteiger partial charge in [-0.2, -0.15) is 8.42 Å². The van der Waals surface area contributed by atoms with E-state index in [0.29, 0.717) is 5.69 Å². The number of fused-ring (bicyclic) bond motifs is 1. The smallest absolute Gasteiger partial charge is 0.394 e. The molecule has 2 rings (SSSR count). The molecule has 0 aliphatic heterocycles. The van der Waals surface area contributed by atoms with Crippen LogP contribution < -0.4 is 5.73 Å². The number of nitrogen functional groups attached to an aromatic ring is 1. The van der Waals surface area contributed by atoms with Crippen LogP contribution in [-0.2, 0) is 10.4 Å². The van der Waals surface area contributed by atoms with Gasteiger partial charge in [0.2, 0.25) is 0 Å². The molecule has 0 saturated carbocycles. The summed E-state index contributed by atoms with van der Waals surface area (Å²) in [4.78, 5) is 0. The Morgan fingerprint density at radius 2 is 1.41 bits per heavy atom. The number of phenolic OH excluding ortho intramolecular Hbond substituents is 1. The Balaban J connectivity index is 0.000000249. The van der Waals surface area contributed by atoms with E-state index >= 15 is 0 Å². The molecular formula is C10H11NO5S. The van der Waals surface area contributed by atoms with Crippen LogP contribution in [0.15, 0.2) is 36.4 Å². The maximum Gasteiger partial charge on any atom is 0.394 e. The van der Waals surface area contributed by atoms with E-state index in [1.54, 1.807) is 12.1 Å². The number of hydrogen-bond acceptors (Lipinski definition) is 4. The van der Waals surface area contributed by atoms with Gasteiger partial charge in [0.15, 0.2) is 0 Å². The molecule has 0 aromatic heterocycles. The molecule has 0 fully saturated rings. The van der Waals surface area contributed by atoms with Crippen LogP contribution in [0.3, 0.4) is 0 Å². The summed E-state index contributed by atoms with van der Waals surface area (Å²) in [5.41, 5.74) is 6.41. The van der Waals surface area contributed by atoms with Crippen LogP contribution in [0.4, 0.5) is 5.69 Å². The third-order valence-corrected chi connectivity index (χ3v) is 1.93. The Hall–Kier alpha value is -1.83. The largest absolute Gasteiger partial charge is 0.507 e. The minimum atomic E-state index is -4.67. The van der Waals surface area contributed by atoms with Crippen molar-refractivity contribution in [3.63, 3.8) is 0 Å². The van der Waals surface area contributed by atoms with E-state index in [4.69, 9.17) is 23.3 Å². The fraction of sp³-hybridized carbons (Fsp3) is 0. The predicted molar refractivity (Wildman–Crippen MR) is 64.2 cm³/mol. The Labute approximate surface area is 97.9 Å². The third-order valence-electron chi connectivity index (χ3n) is 1.93. The highest BCUT2D eigenvalue weighted by Gasteiger charge is 1.99. The second-order valence-corrected chi connectivity index (χ2v) is 4.06. The van der Waals surface area contributed by atoms with Crippen molar-refractivity contribution in [1.29, 1.82) is 0 Å². The molecule has 5 N–H and O–H groups in total. The lowest BCUT2D eigenvalue weighted by atomic mass is 10.1. The molecule has 0 aliphatic rings. The summed E-state index contributed by atoms with van der Waals surface area (Å²) < 4.78 is 31.6. The van der Waals surface area contributed by atoms with E-state index in [2.05, 4.69) is 0 Å². The Morgan fingerprint density at radius 1 is 0.941 bits per heavy atom. The van der Waals surface area contributed by atoms with Gasteiger partial charge in [0.25, 0.3) is 0 Å². The topological polar surface area (TPSA) is 121 Å². The summed E-state index contributed by atoms with van der Waals surface area (Å²) in [5, 5.41) is 11.1. The van der Waals surface area contributed by atoms with Gasteiger partial charge in [0.1, 0.15) is 5.75 Å². The number of benzene rings is 2. The second kappa shape index (κ2) is 5.00. The SMILES string of the molecule is Nc1cccc2c(O)cccc12.O=S(=O)(O)O. The molecule has 6 nitrogen and oxygen atoms in total. The van der Waals surface area contributed by atoms with Gasteiger partial charge in [0.05, 0.1) is 0 Å². The number of rotatable bonds is 0. The lowest BCUT2D eigenvalue weighted by Gasteiger charge is -2.02. The average molecular weight is 257 g/mol. The highest BCUT2D eigenvalue weighted by Crippen LogP contribution is 2.27. The van der Waals surface area contributed by atoms with E-state index in [9.17, 15) is 5.11 Å². The van der Waals surface area contributed by atoms with Crippen molar-refractivity contribution in [2.75, 3.05) is 5.73 Å². The summed E-state index contributed by atoms with van der Waals surface area (Å²) in [6.45, 7) is 0. The molecular weight excluding hydrogens is 246 g/mol. The Bertz CT molecular complexity index is 574. The molecule has 0 atom stereocenters. The standard InChI is InChI=1S/C10H9NO.H2O4S/c11-9-5-1-4-8-7(9)3-2-6-10(8)12;1-5(2,3)4/h1-6,12H,11H2;(H2,1,2,3,4). The van der Waals surface area contributed by atoms with Crippen LogP contribution in [0.1, 0.15) is 0 Å². The van der Waals surface area contributed by atoms with Gasteiger partial charge in [-0.05, 0) is 12.1 Å². The van der Waals surface area contributed by atoms with E-state index in [-0.39, 0.29) is 5.75 Å². The van der Waals surface area contributed by atoms with Gasteiger partial charge < -0.3 is 10.8 Å². The van der Waals surface area contributed by atoms with Gasteiger partial charge in [-0.25, -0.2) is 0 Å². The fourth-order valence-electron chi connectivity index (χ4n) is 1.32. The second-order valence-electron chi connectivity index (χ2n) is 3.17. The molecule has 7 heteroatoms. The van der Waals surface area contributed by atoms with Gasteiger partial charge in [-0.1, -0.05) is 24.3 Å². The molecule has 0 aliphatic carbocycles. The van der Waals surface area contributed by atoms with Crippen molar-refractivity contribution < 1.29 is 22.6 Å². The maximum absolute atomic E-state index is 9.44. The first-order valence-corrected chi connectivity index (χ1v) is 5.85. The molecule has 0 bridgehead atoms. The molecule has 0 unspecified atom stereocenters. The molecule has 0 heterocycles. The molecule has 2 aromatic carbocycles. The van der Waals surface area contributed by atoms with E-state index in [1.165, 1.54) is 0 Å². The van der Waals surface area contributed by atoms with Crippen molar-refractivity contribution in [2.24, 2.45) is 0 Å². The van der Waals surface area contributed by atoms with Crippen LogP contribution in [0.5, 0.6) is 5.75 Å². The van der Waals surface area contributed by atoms with Gasteiger partial charge in [-0.15, -0.1) is 0 Å². The van der Waals surface area contributed by atoms with Crippen LogP contribution in [0.25, 0.3) is 10.8 Å². The number of hydrogen-bond donors (Lipinski definition) is 4. The zero-order chi connectivity index (χ0) is 13.1. The van der Waals surface area contributed by atoms with Crippen LogP contribution in [-0.4, -0.2) is 22.6 Å². The van der Waals surface area contributed by atoms with Crippen molar-refractivity contribution in [2.45, 2.75) is 0 Å². The van der Waals surface area contributed by atoms with Crippen molar-refractivity contribution in [3.05, 3.63) is 36.4 Å². The normalized spacial score (nSPS) is 10.7. The summed E-state index contributed by atoms with van der Waals surface area (Å²) in [6.07, 6.45) is 0. The third kappa shape index (κ3) is 4.27. The van der Waals surface area contributed by atoms with Crippen LogP contribution >= 0.6 is 0 Å². The predicted octanol–water partition coefficient (Wildman–Crippen LogP) is 1.47. The maximum atomic E-state index is 9.44. The fourth-order valence-corrected chi connectivity index (χ4v) is 1.32. The molecule has 0 radical (unpaired) electrons. The molecule has 17 heavy (non-hydrogen) atoms. The van der Waals surface area contributed by atoms with Crippen LogP contribution in [0.2, 0.25) is 0 Å². The summed E-state index contributed by atoms with van der Waals surface area (Å²) >= 11 is 0. The minimum absolute atomic E-state index is 0.278. The van der Waals surface area contributed by atoms with Gasteiger partial charge in [0, 0.05) is 16.5 Å². The van der Waals surface area contributed by atoms with Crippen molar-refractivity contribution in [3.8, 4) is 5.75 Å². The Morgan fingerprint density at radius 3 is 1.94 bits per heavy atom. The number of phenols is 1. The number of anilines is 1. The van der Waals surface area contributed by atoms with Crippen molar-refractivity contribution in [1.82, 2.24) is 0 Å². The minimum Gasteiger partial charge on any atom is -0.507 e. The van der Waals surface area contributed by atoms with Crippen molar-refractivity contribution >= 4 is 26.9 Å². The average Bonchev–Trinajstić information content (AvgIpc) is 2.17. The quantitative estimate of drug-likeness (QED) is 0.419. The van der Waals surface area contributed by atoms with E-state index in [0.717, 1.165) is 10.8 Å². The molecule has 2 aromatic rings. The van der Waals surface area contributed by atoms with Gasteiger partial charge >= 0.3 is 10.4 Å². The molecule has 0 amide bonds. The lowest BCUT2D eigenvalue weighted by Crippen LogP contribution is -1.89.